The maximum absolute atomic E-state index is 13.4. The van der Waals surface area contributed by atoms with Crippen LogP contribution in [0.2, 0.25) is 0 Å². The number of carbonyl (C=O) groups excluding carboxylic acids is 1. The van der Waals surface area contributed by atoms with E-state index < -0.39 is 0 Å². The van der Waals surface area contributed by atoms with E-state index in [1.165, 1.54) is 13.1 Å². The van der Waals surface area contributed by atoms with Gasteiger partial charge in [0, 0.05) is 24.5 Å². The summed E-state index contributed by atoms with van der Waals surface area (Å²) in [4.78, 5) is 23.8. The van der Waals surface area contributed by atoms with E-state index in [-0.39, 0.29) is 23.9 Å². The Labute approximate surface area is 174 Å². The summed E-state index contributed by atoms with van der Waals surface area (Å²) in [5, 5.41) is 10.0. The van der Waals surface area contributed by atoms with Crippen molar-refractivity contribution in [3.05, 3.63) is 42.6 Å². The first-order valence-electron chi connectivity index (χ1n) is 10.2. The Kier molecular flexibility index (Phi) is 5.52. The molecule has 1 saturated heterocycles. The van der Waals surface area contributed by atoms with Crippen LogP contribution in [0.3, 0.4) is 0 Å². The highest BCUT2D eigenvalue weighted by molar-refractivity contribution is 6.02. The highest BCUT2D eigenvalue weighted by atomic mass is 19.1. The van der Waals surface area contributed by atoms with E-state index in [9.17, 15) is 9.18 Å². The number of fused-ring (bicyclic) bond motifs is 3. The molecule has 2 aromatic rings. The SMILES string of the molecule is C=C1C(=N/C=C(\C)F)CC[C@@H](C)NC(=O)Nc2cnn3ccc(nc23)N2CCC[C@H]12. The molecule has 2 amide bonds. The molecule has 4 heterocycles. The second-order valence-electron chi connectivity index (χ2n) is 7.82. The molecule has 8 nitrogen and oxygen atoms in total. The van der Waals surface area contributed by atoms with E-state index in [1.807, 2.05) is 19.2 Å². The third-order valence-electron chi connectivity index (χ3n) is 5.51. The number of hydrogen-bond donors (Lipinski definition) is 2. The summed E-state index contributed by atoms with van der Waals surface area (Å²) in [6.07, 6.45) is 7.83. The van der Waals surface area contributed by atoms with Gasteiger partial charge >= 0.3 is 6.03 Å². The molecular formula is C21H26FN7O. The number of rotatable bonds is 1. The number of nitrogens with zero attached hydrogens (tertiary/aromatic N) is 5. The van der Waals surface area contributed by atoms with Crippen LogP contribution >= 0.6 is 0 Å². The van der Waals surface area contributed by atoms with E-state index in [1.54, 1.807) is 10.7 Å². The van der Waals surface area contributed by atoms with Crippen LogP contribution in [0.4, 0.5) is 20.7 Å². The Bertz CT molecular complexity index is 1040. The number of halogens is 1. The lowest BCUT2D eigenvalue weighted by Gasteiger charge is -2.28. The molecule has 2 bridgehead atoms. The van der Waals surface area contributed by atoms with Crippen molar-refractivity contribution in [3.63, 3.8) is 0 Å². The standard InChI is InChI=1S/C21H26FN7O/c1-13(22)11-23-16-7-6-14(2)25-21(30)26-17-12-24-29-10-8-19(27-20(17)29)28-9-4-5-18(28)15(16)3/h8,10-12,14,18H,3-7,9H2,1-2H3,(H2,25,26,30)/b13-11+,23-16?/t14-,18-/m1/s1. The van der Waals surface area contributed by atoms with Crippen molar-refractivity contribution in [1.29, 1.82) is 0 Å². The van der Waals surface area contributed by atoms with Crippen molar-refractivity contribution >= 4 is 28.9 Å². The minimum atomic E-state index is -0.357. The molecule has 0 aliphatic carbocycles. The summed E-state index contributed by atoms with van der Waals surface area (Å²) in [6, 6.07) is 1.52. The van der Waals surface area contributed by atoms with Gasteiger partial charge < -0.3 is 15.5 Å². The van der Waals surface area contributed by atoms with Gasteiger partial charge in [0.1, 0.15) is 17.3 Å². The third-order valence-corrected chi connectivity index (χ3v) is 5.51. The van der Waals surface area contributed by atoms with E-state index in [2.05, 4.69) is 32.2 Å². The van der Waals surface area contributed by atoms with E-state index in [0.29, 0.717) is 24.2 Å². The van der Waals surface area contributed by atoms with Gasteiger partial charge in [-0.2, -0.15) is 5.10 Å². The van der Waals surface area contributed by atoms with Gasteiger partial charge in [0.2, 0.25) is 0 Å². The van der Waals surface area contributed by atoms with Gasteiger partial charge in [-0.15, -0.1) is 0 Å². The molecule has 4 rings (SSSR count). The maximum atomic E-state index is 13.4. The van der Waals surface area contributed by atoms with Crippen LogP contribution < -0.4 is 15.5 Å². The molecule has 2 atom stereocenters. The van der Waals surface area contributed by atoms with Gasteiger partial charge in [0.25, 0.3) is 0 Å². The summed E-state index contributed by atoms with van der Waals surface area (Å²) in [6.45, 7) is 8.46. The third kappa shape index (κ3) is 4.05. The van der Waals surface area contributed by atoms with Gasteiger partial charge in [-0.1, -0.05) is 6.58 Å². The molecule has 0 unspecified atom stereocenters. The van der Waals surface area contributed by atoms with E-state index in [0.717, 1.165) is 36.5 Å². The number of hydrogen-bond acceptors (Lipinski definition) is 5. The lowest BCUT2D eigenvalue weighted by Crippen LogP contribution is -2.37. The zero-order valence-corrected chi connectivity index (χ0v) is 17.2. The monoisotopic (exact) mass is 411 g/mol. The first kappa shape index (κ1) is 20.1. The van der Waals surface area contributed by atoms with Crippen LogP contribution in [0.5, 0.6) is 0 Å². The van der Waals surface area contributed by atoms with Gasteiger partial charge in [-0.3, -0.25) is 4.99 Å². The Morgan fingerprint density at radius 2 is 2.27 bits per heavy atom. The summed E-state index contributed by atoms with van der Waals surface area (Å²) in [5.74, 6) is 0.431. The molecule has 2 N–H and O–H groups in total. The number of anilines is 2. The molecule has 0 radical (unpaired) electrons. The Hall–Kier alpha value is -3.23. The molecular weight excluding hydrogens is 385 g/mol. The smallest absolute Gasteiger partial charge is 0.319 e. The molecule has 2 aliphatic rings. The average molecular weight is 411 g/mol. The molecule has 0 aromatic carbocycles. The number of allylic oxidation sites excluding steroid dienone is 1. The van der Waals surface area contributed by atoms with Crippen molar-refractivity contribution in [2.24, 2.45) is 4.99 Å². The average Bonchev–Trinajstić information content (AvgIpc) is 3.34. The number of aromatic nitrogens is 3. The number of aliphatic imine (C=N–C) groups is 1. The predicted octanol–water partition coefficient (Wildman–Crippen LogP) is 3.83. The lowest BCUT2D eigenvalue weighted by atomic mass is 9.96. The van der Waals surface area contributed by atoms with E-state index in [4.69, 9.17) is 4.98 Å². The van der Waals surface area contributed by atoms with Gasteiger partial charge in [0.05, 0.1) is 18.4 Å². The van der Waals surface area contributed by atoms with Crippen molar-refractivity contribution in [3.8, 4) is 0 Å². The van der Waals surface area contributed by atoms with E-state index >= 15 is 0 Å². The Balaban J connectivity index is 1.78. The molecule has 2 aliphatic heterocycles. The van der Waals surface area contributed by atoms with Crippen LogP contribution in [0.15, 0.2) is 47.6 Å². The molecule has 1 fully saturated rings. The summed E-state index contributed by atoms with van der Waals surface area (Å²) < 4.78 is 15.0. The summed E-state index contributed by atoms with van der Waals surface area (Å²) >= 11 is 0. The van der Waals surface area contributed by atoms with Crippen molar-refractivity contribution in [1.82, 2.24) is 19.9 Å². The summed E-state index contributed by atoms with van der Waals surface area (Å²) in [7, 11) is 0. The van der Waals surface area contributed by atoms with Gasteiger partial charge in [-0.25, -0.2) is 18.7 Å². The Morgan fingerprint density at radius 3 is 3.07 bits per heavy atom. The molecule has 0 spiro atoms. The molecule has 0 saturated carbocycles. The molecule has 9 heteroatoms. The predicted molar refractivity (Wildman–Crippen MR) is 116 cm³/mol. The zero-order chi connectivity index (χ0) is 21.3. The van der Waals surface area contributed by atoms with Crippen LogP contribution in [-0.2, 0) is 0 Å². The van der Waals surface area contributed by atoms with Crippen LogP contribution in [-0.4, -0.2) is 45.0 Å². The van der Waals surface area contributed by atoms with Crippen LogP contribution in [0, 0.1) is 0 Å². The van der Waals surface area contributed by atoms with Crippen molar-refractivity contribution < 1.29 is 9.18 Å². The number of urea groups is 1. The normalized spacial score (nSPS) is 24.7. The minimum absolute atomic E-state index is 0.0409. The topological polar surface area (TPSA) is 86.9 Å². The summed E-state index contributed by atoms with van der Waals surface area (Å²) in [5.41, 5.74) is 2.75. The molecule has 30 heavy (non-hydrogen) atoms. The second kappa shape index (κ2) is 8.25. The van der Waals surface area contributed by atoms with Gasteiger partial charge in [0.15, 0.2) is 5.65 Å². The quantitative estimate of drug-likeness (QED) is 0.747. The van der Waals surface area contributed by atoms with Crippen molar-refractivity contribution in [2.75, 3.05) is 16.8 Å². The number of amides is 2. The molecule has 158 valence electrons. The molecule has 2 aromatic heterocycles. The highest BCUT2D eigenvalue weighted by Gasteiger charge is 2.30. The fraction of sp³-hybridized carbons (Fsp3) is 0.429. The van der Waals surface area contributed by atoms with Crippen LogP contribution in [0.25, 0.3) is 5.65 Å². The number of nitrogens with one attached hydrogen (secondary N) is 2. The first-order chi connectivity index (χ1) is 14.4. The zero-order valence-electron chi connectivity index (χ0n) is 17.2. The van der Waals surface area contributed by atoms with Gasteiger partial charge in [-0.05, 0) is 51.2 Å². The minimum Gasteiger partial charge on any atom is -0.349 e. The highest BCUT2D eigenvalue weighted by Crippen LogP contribution is 2.30. The first-order valence-corrected chi connectivity index (χ1v) is 10.2. The van der Waals surface area contributed by atoms with Crippen molar-refractivity contribution in [2.45, 2.75) is 51.6 Å². The maximum Gasteiger partial charge on any atom is 0.319 e. The van der Waals surface area contributed by atoms with Crippen LogP contribution in [0.1, 0.15) is 39.5 Å². The fourth-order valence-electron chi connectivity index (χ4n) is 3.99. The second-order valence-corrected chi connectivity index (χ2v) is 7.82. The lowest BCUT2D eigenvalue weighted by molar-refractivity contribution is 0.249. The Morgan fingerprint density at radius 1 is 1.43 bits per heavy atom. The number of carbonyl (C=O) groups is 1. The largest absolute Gasteiger partial charge is 0.349 e. The fourth-order valence-corrected chi connectivity index (χ4v) is 3.99.